The molecule has 0 atom stereocenters. The lowest BCUT2D eigenvalue weighted by atomic mass is 10.2. The molecular formula is C20H22N2O3S. The van der Waals surface area contributed by atoms with Crippen molar-refractivity contribution >= 4 is 21.6 Å². The first kappa shape index (κ1) is 19.6. The first-order chi connectivity index (χ1) is 12.4. The largest absolute Gasteiger partial charge is 0.322 e. The minimum absolute atomic E-state index is 0.119. The van der Waals surface area contributed by atoms with Gasteiger partial charge in [-0.25, -0.2) is 8.42 Å². The Morgan fingerprint density at radius 1 is 1.08 bits per heavy atom. The van der Waals surface area contributed by atoms with Crippen molar-refractivity contribution in [3.8, 4) is 0 Å². The summed E-state index contributed by atoms with van der Waals surface area (Å²) in [7, 11) is -3.67. The Balaban J connectivity index is 2.20. The number of amides is 1. The molecule has 0 heterocycles. The quantitative estimate of drug-likeness (QED) is 0.722. The van der Waals surface area contributed by atoms with Gasteiger partial charge in [0.25, 0.3) is 5.91 Å². The monoisotopic (exact) mass is 370 g/mol. The average Bonchev–Trinajstić information content (AvgIpc) is 2.61. The number of hydrogen-bond acceptors (Lipinski definition) is 3. The maximum absolute atomic E-state index is 12.7. The summed E-state index contributed by atoms with van der Waals surface area (Å²) < 4.78 is 26.6. The Hall–Kier alpha value is -2.70. The van der Waals surface area contributed by atoms with Crippen LogP contribution in [-0.4, -0.2) is 31.7 Å². The zero-order chi connectivity index (χ0) is 19.2. The van der Waals surface area contributed by atoms with Gasteiger partial charge in [0, 0.05) is 24.3 Å². The van der Waals surface area contributed by atoms with E-state index in [1.807, 2.05) is 25.1 Å². The molecule has 0 aromatic heterocycles. The van der Waals surface area contributed by atoms with Gasteiger partial charge in [-0.3, -0.25) is 4.79 Å². The maximum atomic E-state index is 12.7. The molecular weight excluding hydrogens is 348 g/mol. The van der Waals surface area contributed by atoms with Gasteiger partial charge in [0.1, 0.15) is 0 Å². The van der Waals surface area contributed by atoms with Gasteiger partial charge in [-0.2, -0.15) is 4.31 Å². The molecule has 0 aliphatic rings. The van der Waals surface area contributed by atoms with E-state index in [0.717, 1.165) is 5.56 Å². The molecule has 2 rings (SSSR count). The molecule has 1 N–H and O–H groups in total. The summed E-state index contributed by atoms with van der Waals surface area (Å²) in [5.41, 5.74) is 2.10. The van der Waals surface area contributed by atoms with Crippen LogP contribution in [0.1, 0.15) is 15.9 Å². The zero-order valence-electron chi connectivity index (χ0n) is 14.7. The second-order valence-corrected chi connectivity index (χ2v) is 7.69. The Labute approximate surface area is 154 Å². The Kier molecular flexibility index (Phi) is 6.49. The van der Waals surface area contributed by atoms with Gasteiger partial charge in [-0.05, 0) is 48.9 Å². The van der Waals surface area contributed by atoms with Crippen molar-refractivity contribution < 1.29 is 13.2 Å². The van der Waals surface area contributed by atoms with Crippen LogP contribution >= 0.6 is 0 Å². The summed E-state index contributed by atoms with van der Waals surface area (Å²) in [6, 6.07) is 13.3. The normalized spacial score (nSPS) is 11.2. The van der Waals surface area contributed by atoms with Gasteiger partial charge >= 0.3 is 0 Å². The lowest BCUT2D eigenvalue weighted by molar-refractivity contribution is 0.102. The number of benzene rings is 2. The molecule has 136 valence electrons. The van der Waals surface area contributed by atoms with Gasteiger partial charge in [-0.1, -0.05) is 24.3 Å². The summed E-state index contributed by atoms with van der Waals surface area (Å²) in [5.74, 6) is -0.298. The van der Waals surface area contributed by atoms with Crippen molar-refractivity contribution in [3.63, 3.8) is 0 Å². The lowest BCUT2D eigenvalue weighted by Gasteiger charge is -2.19. The standard InChI is InChI=1S/C20H22N2O3S/c1-4-13-22(14-5-2)26(24,25)19-11-9-17(10-12-19)20(23)21-18-8-6-7-16(3)15-18/h4-12,15H,1-2,13-14H2,3H3,(H,21,23). The molecule has 2 aromatic carbocycles. The highest BCUT2D eigenvalue weighted by atomic mass is 32.2. The fourth-order valence-corrected chi connectivity index (χ4v) is 3.79. The van der Waals surface area contributed by atoms with Crippen LogP contribution in [0.15, 0.2) is 78.7 Å². The van der Waals surface area contributed by atoms with Crippen molar-refractivity contribution in [2.24, 2.45) is 0 Å². The van der Waals surface area contributed by atoms with Crippen LogP contribution in [0.5, 0.6) is 0 Å². The van der Waals surface area contributed by atoms with Crippen LogP contribution in [-0.2, 0) is 10.0 Å². The lowest BCUT2D eigenvalue weighted by Crippen LogP contribution is -2.31. The third-order valence-corrected chi connectivity index (χ3v) is 5.54. The maximum Gasteiger partial charge on any atom is 0.255 e. The van der Waals surface area contributed by atoms with E-state index in [9.17, 15) is 13.2 Å². The Morgan fingerprint density at radius 2 is 1.69 bits per heavy atom. The predicted octanol–water partition coefficient (Wildman–Crippen LogP) is 3.61. The number of rotatable bonds is 8. The fraction of sp³-hybridized carbons (Fsp3) is 0.150. The van der Waals surface area contributed by atoms with Crippen molar-refractivity contribution in [1.82, 2.24) is 4.31 Å². The second-order valence-electron chi connectivity index (χ2n) is 5.75. The van der Waals surface area contributed by atoms with Crippen LogP contribution in [0.25, 0.3) is 0 Å². The van der Waals surface area contributed by atoms with Gasteiger partial charge in [0.15, 0.2) is 0 Å². The zero-order valence-corrected chi connectivity index (χ0v) is 15.5. The molecule has 0 bridgehead atoms. The van der Waals surface area contributed by atoms with Gasteiger partial charge < -0.3 is 5.32 Å². The smallest absolute Gasteiger partial charge is 0.255 e. The van der Waals surface area contributed by atoms with Crippen molar-refractivity contribution in [2.75, 3.05) is 18.4 Å². The van der Waals surface area contributed by atoms with Crippen LogP contribution in [0.4, 0.5) is 5.69 Å². The number of aryl methyl sites for hydroxylation is 1. The highest BCUT2D eigenvalue weighted by molar-refractivity contribution is 7.89. The van der Waals surface area contributed by atoms with Crippen LogP contribution in [0.2, 0.25) is 0 Å². The first-order valence-corrected chi connectivity index (χ1v) is 9.52. The average molecular weight is 370 g/mol. The molecule has 26 heavy (non-hydrogen) atoms. The molecule has 2 aromatic rings. The van der Waals surface area contributed by atoms with E-state index in [-0.39, 0.29) is 23.9 Å². The molecule has 0 aliphatic heterocycles. The van der Waals surface area contributed by atoms with E-state index in [1.54, 1.807) is 6.07 Å². The molecule has 0 fully saturated rings. The molecule has 6 heteroatoms. The number of nitrogens with zero attached hydrogens (tertiary/aromatic N) is 1. The topological polar surface area (TPSA) is 66.5 Å². The summed E-state index contributed by atoms with van der Waals surface area (Å²) in [6.07, 6.45) is 3.04. The molecule has 0 saturated heterocycles. The van der Waals surface area contributed by atoms with Crippen molar-refractivity contribution in [3.05, 3.63) is 85.0 Å². The number of carbonyl (C=O) groups is 1. The van der Waals surface area contributed by atoms with Gasteiger partial charge in [-0.15, -0.1) is 13.2 Å². The van der Waals surface area contributed by atoms with Crippen LogP contribution in [0.3, 0.4) is 0 Å². The van der Waals surface area contributed by atoms with E-state index in [1.165, 1.54) is 40.7 Å². The Bertz CT molecular complexity index is 893. The van der Waals surface area contributed by atoms with Crippen LogP contribution in [0, 0.1) is 6.92 Å². The molecule has 0 saturated carbocycles. The fourth-order valence-electron chi connectivity index (χ4n) is 2.41. The number of nitrogens with one attached hydrogen (secondary N) is 1. The molecule has 0 unspecified atom stereocenters. The SMILES string of the molecule is C=CCN(CC=C)S(=O)(=O)c1ccc(C(=O)Nc2cccc(C)c2)cc1. The number of hydrogen-bond donors (Lipinski definition) is 1. The highest BCUT2D eigenvalue weighted by Gasteiger charge is 2.22. The number of anilines is 1. The van der Waals surface area contributed by atoms with Crippen LogP contribution < -0.4 is 5.32 Å². The van der Waals surface area contributed by atoms with E-state index in [4.69, 9.17) is 0 Å². The summed E-state index contributed by atoms with van der Waals surface area (Å²) in [4.78, 5) is 12.4. The highest BCUT2D eigenvalue weighted by Crippen LogP contribution is 2.18. The van der Waals surface area contributed by atoms with Crippen molar-refractivity contribution in [1.29, 1.82) is 0 Å². The minimum Gasteiger partial charge on any atom is -0.322 e. The number of carbonyl (C=O) groups excluding carboxylic acids is 1. The molecule has 0 aliphatic carbocycles. The third kappa shape index (κ3) is 4.68. The van der Waals surface area contributed by atoms with E-state index in [2.05, 4.69) is 18.5 Å². The summed E-state index contributed by atoms with van der Waals surface area (Å²) >= 11 is 0. The molecule has 1 amide bonds. The van der Waals surface area contributed by atoms with E-state index >= 15 is 0 Å². The van der Waals surface area contributed by atoms with E-state index < -0.39 is 10.0 Å². The molecule has 5 nitrogen and oxygen atoms in total. The van der Waals surface area contributed by atoms with E-state index in [0.29, 0.717) is 11.3 Å². The molecule has 0 radical (unpaired) electrons. The third-order valence-electron chi connectivity index (χ3n) is 3.70. The van der Waals surface area contributed by atoms with Gasteiger partial charge in [0.05, 0.1) is 4.90 Å². The number of sulfonamides is 1. The first-order valence-electron chi connectivity index (χ1n) is 8.08. The summed E-state index contributed by atoms with van der Waals surface area (Å²) in [5, 5.41) is 2.80. The van der Waals surface area contributed by atoms with Crippen molar-refractivity contribution in [2.45, 2.75) is 11.8 Å². The molecule has 0 spiro atoms. The van der Waals surface area contributed by atoms with Gasteiger partial charge in [0.2, 0.25) is 10.0 Å². The Morgan fingerprint density at radius 3 is 2.23 bits per heavy atom. The predicted molar refractivity (Wildman–Crippen MR) is 105 cm³/mol. The summed E-state index contributed by atoms with van der Waals surface area (Å²) in [6.45, 7) is 9.47. The second kappa shape index (κ2) is 8.60. The minimum atomic E-state index is -3.67.